The molecule has 1 heterocycles. The zero-order chi connectivity index (χ0) is 9.80. The maximum absolute atomic E-state index is 3.12. The lowest BCUT2D eigenvalue weighted by Crippen LogP contribution is -2.04. The molecule has 0 aliphatic heterocycles. The Morgan fingerprint density at radius 2 is 2.29 bits per heavy atom. The average Bonchev–Trinajstić information content (AvgIpc) is 2.65. The van der Waals surface area contributed by atoms with Crippen LogP contribution in [0.15, 0.2) is 29.6 Å². The van der Waals surface area contributed by atoms with Gasteiger partial charge in [0.1, 0.15) is 0 Å². The van der Waals surface area contributed by atoms with Crippen LogP contribution in [0, 0.1) is 11.8 Å². The van der Waals surface area contributed by atoms with E-state index in [0.717, 1.165) is 12.1 Å². The van der Waals surface area contributed by atoms with Gasteiger partial charge in [0.25, 0.3) is 0 Å². The number of benzene rings is 1. The van der Waals surface area contributed by atoms with Crippen molar-refractivity contribution >= 4 is 21.4 Å². The Hall–Kier alpha value is -1.30. The Morgan fingerprint density at radius 3 is 3.14 bits per heavy atom. The van der Waals surface area contributed by atoms with Crippen LogP contribution in [-0.2, 0) is 0 Å². The van der Waals surface area contributed by atoms with E-state index >= 15 is 0 Å². The third-order valence-corrected chi connectivity index (χ3v) is 2.85. The lowest BCUT2D eigenvalue weighted by molar-refractivity contribution is 0.938. The molecule has 1 N–H and O–H groups in total. The SMILES string of the molecule is CNCC#Cc1ccc2sccc2c1. The van der Waals surface area contributed by atoms with Crippen molar-refractivity contribution in [3.8, 4) is 11.8 Å². The molecule has 1 aromatic carbocycles. The molecule has 0 aliphatic carbocycles. The molecule has 0 atom stereocenters. The fraction of sp³-hybridized carbons (Fsp3) is 0.167. The van der Waals surface area contributed by atoms with Gasteiger partial charge in [-0.3, -0.25) is 0 Å². The van der Waals surface area contributed by atoms with E-state index in [1.807, 2.05) is 7.05 Å². The molecule has 2 heteroatoms. The molecule has 70 valence electrons. The molecule has 0 saturated heterocycles. The van der Waals surface area contributed by atoms with Gasteiger partial charge >= 0.3 is 0 Å². The maximum Gasteiger partial charge on any atom is 0.0577 e. The van der Waals surface area contributed by atoms with E-state index in [9.17, 15) is 0 Å². The van der Waals surface area contributed by atoms with E-state index in [0.29, 0.717) is 0 Å². The number of thiophene rings is 1. The lowest BCUT2D eigenvalue weighted by Gasteiger charge is -1.91. The first-order valence-corrected chi connectivity index (χ1v) is 5.39. The van der Waals surface area contributed by atoms with Gasteiger partial charge < -0.3 is 5.32 Å². The van der Waals surface area contributed by atoms with Gasteiger partial charge in [0, 0.05) is 10.3 Å². The molecule has 14 heavy (non-hydrogen) atoms. The van der Waals surface area contributed by atoms with Crippen molar-refractivity contribution in [1.29, 1.82) is 0 Å². The van der Waals surface area contributed by atoms with Crippen LogP contribution in [0.3, 0.4) is 0 Å². The zero-order valence-electron chi connectivity index (χ0n) is 8.00. The first-order valence-electron chi connectivity index (χ1n) is 4.51. The quantitative estimate of drug-likeness (QED) is 0.699. The van der Waals surface area contributed by atoms with Crippen molar-refractivity contribution in [3.63, 3.8) is 0 Å². The van der Waals surface area contributed by atoms with Crippen molar-refractivity contribution in [3.05, 3.63) is 35.2 Å². The van der Waals surface area contributed by atoms with Crippen LogP contribution in [0.4, 0.5) is 0 Å². The Bertz CT molecular complexity index is 487. The van der Waals surface area contributed by atoms with E-state index < -0.39 is 0 Å². The van der Waals surface area contributed by atoms with Gasteiger partial charge in [-0.2, -0.15) is 0 Å². The summed E-state index contributed by atoms with van der Waals surface area (Å²) in [5.74, 6) is 6.17. The van der Waals surface area contributed by atoms with Gasteiger partial charge in [-0.05, 0) is 42.1 Å². The highest BCUT2D eigenvalue weighted by atomic mass is 32.1. The molecule has 0 aliphatic rings. The second-order valence-corrected chi connectivity index (χ2v) is 3.95. The molecule has 0 unspecified atom stereocenters. The van der Waals surface area contributed by atoms with Gasteiger partial charge in [-0.15, -0.1) is 11.3 Å². The summed E-state index contributed by atoms with van der Waals surface area (Å²) in [6.45, 7) is 0.738. The molecule has 2 rings (SSSR count). The van der Waals surface area contributed by atoms with Crippen molar-refractivity contribution in [2.45, 2.75) is 0 Å². The number of nitrogens with one attached hydrogen (secondary N) is 1. The number of hydrogen-bond acceptors (Lipinski definition) is 2. The summed E-state index contributed by atoms with van der Waals surface area (Å²) >= 11 is 1.76. The first-order chi connectivity index (χ1) is 6.90. The highest BCUT2D eigenvalue weighted by molar-refractivity contribution is 7.17. The number of rotatable bonds is 1. The Kier molecular flexibility index (Phi) is 2.83. The third kappa shape index (κ3) is 1.95. The normalized spacial score (nSPS) is 9.79. The molecule has 1 aromatic heterocycles. The molecule has 2 aromatic rings. The van der Waals surface area contributed by atoms with Gasteiger partial charge in [0.2, 0.25) is 0 Å². The fourth-order valence-corrected chi connectivity index (χ4v) is 2.05. The van der Waals surface area contributed by atoms with Crippen LogP contribution >= 0.6 is 11.3 Å². The first kappa shape index (κ1) is 9.26. The van der Waals surface area contributed by atoms with Gasteiger partial charge in [-0.1, -0.05) is 11.8 Å². The molecule has 0 amide bonds. The molecule has 0 radical (unpaired) electrons. The van der Waals surface area contributed by atoms with E-state index in [-0.39, 0.29) is 0 Å². The van der Waals surface area contributed by atoms with Crippen LogP contribution < -0.4 is 5.32 Å². The molecule has 0 saturated carbocycles. The van der Waals surface area contributed by atoms with E-state index in [1.165, 1.54) is 10.1 Å². The maximum atomic E-state index is 3.12. The van der Waals surface area contributed by atoms with Crippen molar-refractivity contribution in [1.82, 2.24) is 5.32 Å². The highest BCUT2D eigenvalue weighted by Gasteiger charge is 1.94. The summed E-state index contributed by atoms with van der Waals surface area (Å²) in [5.41, 5.74) is 1.09. The predicted molar refractivity (Wildman–Crippen MR) is 62.6 cm³/mol. The number of hydrogen-bond donors (Lipinski definition) is 1. The van der Waals surface area contributed by atoms with E-state index in [1.54, 1.807) is 11.3 Å². The monoisotopic (exact) mass is 201 g/mol. The fourth-order valence-electron chi connectivity index (χ4n) is 1.28. The Morgan fingerprint density at radius 1 is 1.36 bits per heavy atom. The Balaban J connectivity index is 2.31. The lowest BCUT2D eigenvalue weighted by atomic mass is 10.2. The summed E-state index contributed by atoms with van der Waals surface area (Å²) in [6, 6.07) is 8.46. The van der Waals surface area contributed by atoms with Crippen LogP contribution in [0.2, 0.25) is 0 Å². The van der Waals surface area contributed by atoms with Crippen LogP contribution in [0.1, 0.15) is 5.56 Å². The summed E-state index contributed by atoms with van der Waals surface area (Å²) < 4.78 is 1.32. The predicted octanol–water partition coefficient (Wildman–Crippen LogP) is 2.47. The topological polar surface area (TPSA) is 12.0 Å². The summed E-state index contributed by atoms with van der Waals surface area (Å²) in [6.07, 6.45) is 0. The minimum absolute atomic E-state index is 0.738. The smallest absolute Gasteiger partial charge is 0.0577 e. The molecule has 1 nitrogen and oxygen atoms in total. The van der Waals surface area contributed by atoms with Crippen LogP contribution in [0.5, 0.6) is 0 Å². The Labute approximate surface area is 87.8 Å². The van der Waals surface area contributed by atoms with Gasteiger partial charge in [0.15, 0.2) is 0 Å². The minimum Gasteiger partial charge on any atom is -0.309 e. The molecule has 0 fully saturated rings. The molecule has 0 spiro atoms. The van der Waals surface area contributed by atoms with Crippen molar-refractivity contribution in [2.75, 3.05) is 13.6 Å². The van der Waals surface area contributed by atoms with E-state index in [4.69, 9.17) is 0 Å². The van der Waals surface area contributed by atoms with Crippen molar-refractivity contribution < 1.29 is 0 Å². The largest absolute Gasteiger partial charge is 0.309 e. The third-order valence-electron chi connectivity index (χ3n) is 1.95. The highest BCUT2D eigenvalue weighted by Crippen LogP contribution is 2.21. The van der Waals surface area contributed by atoms with E-state index in [2.05, 4.69) is 46.8 Å². The number of fused-ring (bicyclic) bond motifs is 1. The van der Waals surface area contributed by atoms with Crippen LogP contribution in [0.25, 0.3) is 10.1 Å². The zero-order valence-corrected chi connectivity index (χ0v) is 8.82. The second-order valence-electron chi connectivity index (χ2n) is 3.01. The summed E-state index contributed by atoms with van der Waals surface area (Å²) in [7, 11) is 1.90. The summed E-state index contributed by atoms with van der Waals surface area (Å²) in [4.78, 5) is 0. The molecular weight excluding hydrogens is 190 g/mol. The van der Waals surface area contributed by atoms with Gasteiger partial charge in [0.05, 0.1) is 6.54 Å². The van der Waals surface area contributed by atoms with Crippen LogP contribution in [-0.4, -0.2) is 13.6 Å². The minimum atomic E-state index is 0.738. The standard InChI is InChI=1S/C12H11NS/c1-13-7-2-3-10-4-5-12-11(9-10)6-8-14-12/h4-6,8-9,13H,7H2,1H3. The summed E-state index contributed by atoms with van der Waals surface area (Å²) in [5, 5.41) is 6.39. The van der Waals surface area contributed by atoms with Crippen molar-refractivity contribution in [2.24, 2.45) is 0 Å². The average molecular weight is 201 g/mol. The second kappa shape index (κ2) is 4.28. The van der Waals surface area contributed by atoms with Gasteiger partial charge in [-0.25, -0.2) is 0 Å². The molecular formula is C12H11NS. The molecule has 0 bridgehead atoms.